The summed E-state index contributed by atoms with van der Waals surface area (Å²) in [5, 5.41) is 0.133. The van der Waals surface area contributed by atoms with E-state index in [4.69, 9.17) is 0 Å². The van der Waals surface area contributed by atoms with Gasteiger partial charge in [0.05, 0.1) is 17.6 Å². The number of imidazole rings is 1. The number of pyridine rings is 2. The molecule has 0 unspecified atom stereocenters. The normalized spacial score (nSPS) is 21.1. The molecule has 2 atom stereocenters. The third-order valence-electron chi connectivity index (χ3n) is 6.16. The highest BCUT2D eigenvalue weighted by molar-refractivity contribution is 7.91. The summed E-state index contributed by atoms with van der Waals surface area (Å²) in [4.78, 5) is 24.6. The maximum Gasteiger partial charge on any atom is 0.223 e. The molecule has 2 aliphatic rings. The number of hydrogen-bond acceptors (Lipinski definition) is 6. The van der Waals surface area contributed by atoms with E-state index in [2.05, 4.69) is 14.9 Å². The second-order valence-electron chi connectivity index (χ2n) is 8.01. The lowest BCUT2D eigenvalue weighted by molar-refractivity contribution is -0.131. The van der Waals surface area contributed by atoms with Crippen molar-refractivity contribution in [3.63, 3.8) is 0 Å². The van der Waals surface area contributed by atoms with Crippen molar-refractivity contribution in [3.8, 4) is 0 Å². The number of anilines is 1. The molecule has 3 aromatic rings. The highest BCUT2D eigenvalue weighted by Crippen LogP contribution is 2.36. The summed E-state index contributed by atoms with van der Waals surface area (Å²) in [6.45, 7) is 0.933. The van der Waals surface area contributed by atoms with E-state index in [-0.39, 0.29) is 41.0 Å². The van der Waals surface area contributed by atoms with Gasteiger partial charge in [-0.1, -0.05) is 6.07 Å². The summed E-state index contributed by atoms with van der Waals surface area (Å²) < 4.78 is 41.5. The fraction of sp³-hybridized carbons (Fsp3) is 0.381. The van der Waals surface area contributed by atoms with Crippen LogP contribution < -0.4 is 4.90 Å². The smallest absolute Gasteiger partial charge is 0.223 e. The van der Waals surface area contributed by atoms with Gasteiger partial charge in [0.1, 0.15) is 10.7 Å². The zero-order chi connectivity index (χ0) is 21.6. The second kappa shape index (κ2) is 7.60. The van der Waals surface area contributed by atoms with E-state index >= 15 is 0 Å². The van der Waals surface area contributed by atoms with Crippen LogP contribution in [-0.4, -0.2) is 64.5 Å². The van der Waals surface area contributed by atoms with Gasteiger partial charge in [0.15, 0.2) is 15.7 Å². The molecule has 0 aliphatic carbocycles. The van der Waals surface area contributed by atoms with Crippen LogP contribution in [0.25, 0.3) is 5.65 Å². The SMILES string of the molecule is O=C(CCS(=O)(=O)c1cccc2nccn12)N1C[C@H]2CC[C@@H](C1)N2c1ccncc1F. The van der Waals surface area contributed by atoms with Crippen molar-refractivity contribution in [1.82, 2.24) is 19.3 Å². The summed E-state index contributed by atoms with van der Waals surface area (Å²) in [5.74, 6) is -0.815. The maximum absolute atomic E-state index is 14.2. The molecule has 5 heterocycles. The van der Waals surface area contributed by atoms with Crippen LogP contribution in [0.4, 0.5) is 10.1 Å². The number of halogens is 1. The van der Waals surface area contributed by atoms with Gasteiger partial charge >= 0.3 is 0 Å². The molecule has 8 nitrogen and oxygen atoms in total. The van der Waals surface area contributed by atoms with Crippen LogP contribution in [0.2, 0.25) is 0 Å². The molecule has 2 saturated heterocycles. The van der Waals surface area contributed by atoms with Gasteiger partial charge < -0.3 is 9.80 Å². The number of hydrogen-bond donors (Lipinski definition) is 0. The van der Waals surface area contributed by atoms with Crippen LogP contribution in [0.1, 0.15) is 19.3 Å². The predicted octanol–water partition coefficient (Wildman–Crippen LogP) is 1.91. The Morgan fingerprint density at radius 1 is 1.13 bits per heavy atom. The molecule has 0 saturated carbocycles. The first kappa shape index (κ1) is 19.9. The van der Waals surface area contributed by atoms with Gasteiger partial charge in [-0.15, -0.1) is 0 Å². The van der Waals surface area contributed by atoms with Crippen molar-refractivity contribution in [3.05, 3.63) is 54.9 Å². The van der Waals surface area contributed by atoms with Gasteiger partial charge in [-0.2, -0.15) is 0 Å². The highest BCUT2D eigenvalue weighted by Gasteiger charge is 2.42. The topological polar surface area (TPSA) is 87.9 Å². The number of aromatic nitrogens is 3. The van der Waals surface area contributed by atoms with Gasteiger partial charge in [0.2, 0.25) is 5.91 Å². The zero-order valence-corrected chi connectivity index (χ0v) is 17.6. The summed E-state index contributed by atoms with van der Waals surface area (Å²) in [6.07, 6.45) is 7.57. The molecule has 2 bridgehead atoms. The van der Waals surface area contributed by atoms with Crippen LogP contribution in [0.15, 0.2) is 54.1 Å². The Morgan fingerprint density at radius 3 is 2.65 bits per heavy atom. The number of fused-ring (bicyclic) bond motifs is 3. The first-order valence-corrected chi connectivity index (χ1v) is 11.9. The number of carbonyl (C=O) groups excluding carboxylic acids is 1. The molecule has 3 aromatic heterocycles. The Balaban J connectivity index is 1.27. The largest absolute Gasteiger partial charge is 0.360 e. The summed E-state index contributed by atoms with van der Waals surface area (Å²) in [5.41, 5.74) is 1.06. The molecular formula is C21H22FN5O3S. The average molecular weight is 444 g/mol. The number of carbonyl (C=O) groups is 1. The van der Waals surface area contributed by atoms with Crippen molar-refractivity contribution < 1.29 is 17.6 Å². The summed E-state index contributed by atoms with van der Waals surface area (Å²) in [7, 11) is -3.65. The Hall–Kier alpha value is -3.01. The van der Waals surface area contributed by atoms with Gasteiger partial charge in [-0.3, -0.25) is 14.2 Å². The maximum atomic E-state index is 14.2. The van der Waals surface area contributed by atoms with Crippen LogP contribution in [-0.2, 0) is 14.6 Å². The van der Waals surface area contributed by atoms with Gasteiger partial charge in [-0.25, -0.2) is 17.8 Å². The minimum atomic E-state index is -3.65. The standard InChI is InChI=1S/C21H22FN5O3S/c22-17-12-23-8-6-18(17)27-15-4-5-16(27)14-25(13-15)20(28)7-11-31(29,30)21-3-1-2-19-24-9-10-26(19)21/h1-3,6,8-10,12,15-16H,4-5,7,11,13-14H2/t15-,16+. The summed E-state index contributed by atoms with van der Waals surface area (Å²) >= 11 is 0. The number of nitrogens with zero attached hydrogens (tertiary/aromatic N) is 5. The number of amides is 1. The molecule has 0 aromatic carbocycles. The van der Waals surface area contributed by atoms with Gasteiger partial charge in [0.25, 0.3) is 0 Å². The molecular weight excluding hydrogens is 421 g/mol. The Bertz CT molecular complexity index is 1230. The Labute approximate surface area is 179 Å². The van der Waals surface area contributed by atoms with E-state index < -0.39 is 9.84 Å². The molecule has 2 fully saturated rings. The van der Waals surface area contributed by atoms with E-state index in [1.165, 1.54) is 16.7 Å². The lowest BCUT2D eigenvalue weighted by atomic mass is 10.1. The molecule has 0 spiro atoms. The van der Waals surface area contributed by atoms with Crippen LogP contribution in [0, 0.1) is 5.82 Å². The van der Waals surface area contributed by atoms with Crippen LogP contribution in [0.5, 0.6) is 0 Å². The van der Waals surface area contributed by atoms with E-state index in [1.807, 2.05) is 0 Å². The van der Waals surface area contributed by atoms with Crippen molar-refractivity contribution in [2.45, 2.75) is 36.4 Å². The van der Waals surface area contributed by atoms with Crippen molar-refractivity contribution in [1.29, 1.82) is 0 Å². The molecule has 2 aliphatic heterocycles. The van der Waals surface area contributed by atoms with Gasteiger partial charge in [-0.05, 0) is 31.0 Å². The van der Waals surface area contributed by atoms with Crippen molar-refractivity contribution >= 4 is 27.1 Å². The lowest BCUT2D eigenvalue weighted by Crippen LogP contribution is -2.55. The predicted molar refractivity (Wildman–Crippen MR) is 112 cm³/mol. The monoisotopic (exact) mass is 443 g/mol. The molecule has 0 N–H and O–H groups in total. The van der Waals surface area contributed by atoms with E-state index in [0.29, 0.717) is 24.4 Å². The first-order valence-electron chi connectivity index (χ1n) is 10.2. The Kier molecular flexibility index (Phi) is 4.88. The molecule has 0 radical (unpaired) electrons. The number of likely N-dealkylation sites (tertiary alicyclic amines) is 1. The fourth-order valence-electron chi connectivity index (χ4n) is 4.74. The van der Waals surface area contributed by atoms with E-state index in [0.717, 1.165) is 12.8 Å². The number of piperazine rings is 1. The third kappa shape index (κ3) is 3.54. The van der Waals surface area contributed by atoms with E-state index in [9.17, 15) is 17.6 Å². The number of sulfone groups is 1. The zero-order valence-electron chi connectivity index (χ0n) is 16.8. The molecule has 31 heavy (non-hydrogen) atoms. The first-order chi connectivity index (χ1) is 14.9. The molecule has 1 amide bonds. The quantitative estimate of drug-likeness (QED) is 0.599. The fourth-order valence-corrected chi connectivity index (χ4v) is 6.13. The molecule has 162 valence electrons. The van der Waals surface area contributed by atoms with Crippen molar-refractivity contribution in [2.75, 3.05) is 23.7 Å². The minimum absolute atomic E-state index is 0.0240. The Morgan fingerprint density at radius 2 is 1.90 bits per heavy atom. The van der Waals surface area contributed by atoms with Crippen molar-refractivity contribution in [2.24, 2.45) is 0 Å². The third-order valence-corrected chi connectivity index (χ3v) is 7.87. The molecule has 10 heteroatoms. The number of rotatable bonds is 5. The molecule has 5 rings (SSSR count). The van der Waals surface area contributed by atoms with Gasteiger partial charge in [0, 0.05) is 50.2 Å². The summed E-state index contributed by atoms with van der Waals surface area (Å²) in [6, 6.07) is 6.61. The van der Waals surface area contributed by atoms with Crippen LogP contribution >= 0.6 is 0 Å². The average Bonchev–Trinajstić information content (AvgIpc) is 3.34. The minimum Gasteiger partial charge on any atom is -0.360 e. The van der Waals surface area contributed by atoms with E-state index in [1.54, 1.807) is 41.7 Å². The lowest BCUT2D eigenvalue weighted by Gasteiger charge is -2.42. The second-order valence-corrected chi connectivity index (χ2v) is 10.1. The highest BCUT2D eigenvalue weighted by atomic mass is 32.2. The van der Waals surface area contributed by atoms with Crippen LogP contribution in [0.3, 0.4) is 0 Å².